The molecule has 0 spiro atoms. The summed E-state index contributed by atoms with van der Waals surface area (Å²) in [5, 5.41) is 3.19. The van der Waals surface area contributed by atoms with Crippen LogP contribution < -0.4 is 5.32 Å². The monoisotopic (exact) mass is 244 g/mol. The highest BCUT2D eigenvalue weighted by Crippen LogP contribution is 2.39. The molecule has 94 valence electrons. The van der Waals surface area contributed by atoms with Gasteiger partial charge >= 0.3 is 6.18 Å². The van der Waals surface area contributed by atoms with Crippen molar-refractivity contribution in [2.75, 3.05) is 13.1 Å². The Balaban J connectivity index is 2.37. The van der Waals surface area contributed by atoms with Crippen LogP contribution in [0.1, 0.15) is 30.4 Å². The SMILES string of the molecule is CC1CNCCC1c1cnccc1C(F)(F)F. The summed E-state index contributed by atoms with van der Waals surface area (Å²) in [6.07, 6.45) is -0.980. The Morgan fingerprint density at radius 2 is 2.18 bits per heavy atom. The second-order valence-corrected chi connectivity index (χ2v) is 4.54. The quantitative estimate of drug-likeness (QED) is 0.821. The number of nitrogens with zero attached hydrogens (tertiary/aromatic N) is 1. The van der Waals surface area contributed by atoms with Crippen LogP contribution in [0.3, 0.4) is 0 Å². The van der Waals surface area contributed by atoms with E-state index in [0.717, 1.165) is 25.6 Å². The molecule has 2 atom stereocenters. The molecule has 2 nitrogen and oxygen atoms in total. The maximum atomic E-state index is 12.9. The first-order valence-electron chi connectivity index (χ1n) is 5.72. The van der Waals surface area contributed by atoms with Crippen molar-refractivity contribution in [2.45, 2.75) is 25.4 Å². The highest BCUT2D eigenvalue weighted by molar-refractivity contribution is 5.30. The first kappa shape index (κ1) is 12.4. The zero-order chi connectivity index (χ0) is 12.5. The van der Waals surface area contributed by atoms with Crippen LogP contribution in [0.25, 0.3) is 0 Å². The maximum absolute atomic E-state index is 12.9. The normalized spacial score (nSPS) is 25.9. The van der Waals surface area contributed by atoms with Crippen LogP contribution in [0.4, 0.5) is 13.2 Å². The predicted molar refractivity (Wildman–Crippen MR) is 58.6 cm³/mol. The van der Waals surface area contributed by atoms with Crippen LogP contribution >= 0.6 is 0 Å². The van der Waals surface area contributed by atoms with Gasteiger partial charge < -0.3 is 5.32 Å². The number of hydrogen-bond acceptors (Lipinski definition) is 2. The summed E-state index contributed by atoms with van der Waals surface area (Å²) in [7, 11) is 0. The summed E-state index contributed by atoms with van der Waals surface area (Å²) >= 11 is 0. The summed E-state index contributed by atoms with van der Waals surface area (Å²) < 4.78 is 38.7. The molecule has 1 aromatic rings. The van der Waals surface area contributed by atoms with Crippen LogP contribution in [0, 0.1) is 5.92 Å². The molecule has 1 saturated heterocycles. The van der Waals surface area contributed by atoms with E-state index in [4.69, 9.17) is 0 Å². The Kier molecular flexibility index (Phi) is 3.38. The molecule has 1 aliphatic rings. The predicted octanol–water partition coefficient (Wildman–Crippen LogP) is 2.81. The number of pyridine rings is 1. The molecule has 0 saturated carbocycles. The summed E-state index contributed by atoms with van der Waals surface area (Å²) in [5.74, 6) is 0.149. The number of nitrogens with one attached hydrogen (secondary N) is 1. The zero-order valence-corrected chi connectivity index (χ0v) is 9.59. The van der Waals surface area contributed by atoms with Crippen molar-refractivity contribution in [3.8, 4) is 0 Å². The van der Waals surface area contributed by atoms with Gasteiger partial charge in [0.05, 0.1) is 5.56 Å². The Labute approximate surface area is 98.2 Å². The summed E-state index contributed by atoms with van der Waals surface area (Å²) in [6.45, 7) is 3.50. The van der Waals surface area contributed by atoms with Crippen molar-refractivity contribution in [2.24, 2.45) is 5.92 Å². The average molecular weight is 244 g/mol. The largest absolute Gasteiger partial charge is 0.416 e. The van der Waals surface area contributed by atoms with E-state index in [0.29, 0.717) is 5.56 Å². The van der Waals surface area contributed by atoms with Gasteiger partial charge in [-0.2, -0.15) is 13.2 Å². The molecule has 2 unspecified atom stereocenters. The van der Waals surface area contributed by atoms with Crippen molar-refractivity contribution in [3.05, 3.63) is 29.6 Å². The molecular weight excluding hydrogens is 229 g/mol. The van der Waals surface area contributed by atoms with E-state index < -0.39 is 11.7 Å². The van der Waals surface area contributed by atoms with Gasteiger partial charge in [-0.25, -0.2) is 0 Å². The van der Waals surface area contributed by atoms with Crippen molar-refractivity contribution >= 4 is 0 Å². The van der Waals surface area contributed by atoms with Crippen LogP contribution in [0.15, 0.2) is 18.5 Å². The standard InChI is InChI=1S/C12H15F3N2/c1-8-6-16-4-2-9(8)10-7-17-5-3-11(10)12(13,14)15/h3,5,7-9,16H,2,4,6H2,1H3. The van der Waals surface area contributed by atoms with Gasteiger partial charge in [0.1, 0.15) is 0 Å². The van der Waals surface area contributed by atoms with E-state index in [1.54, 1.807) is 0 Å². The number of aromatic nitrogens is 1. The number of alkyl halides is 3. The summed E-state index contributed by atoms with van der Waals surface area (Å²) in [5.41, 5.74) is -0.194. The molecule has 5 heteroatoms. The number of hydrogen-bond donors (Lipinski definition) is 1. The molecule has 17 heavy (non-hydrogen) atoms. The van der Waals surface area contributed by atoms with E-state index in [9.17, 15) is 13.2 Å². The first-order valence-corrected chi connectivity index (χ1v) is 5.72. The second kappa shape index (κ2) is 4.64. The van der Waals surface area contributed by atoms with E-state index in [1.165, 1.54) is 12.4 Å². The molecule has 0 bridgehead atoms. The second-order valence-electron chi connectivity index (χ2n) is 4.54. The molecule has 1 N–H and O–H groups in total. The van der Waals surface area contributed by atoms with Crippen molar-refractivity contribution in [3.63, 3.8) is 0 Å². The maximum Gasteiger partial charge on any atom is 0.416 e. The first-order chi connectivity index (χ1) is 8.00. The zero-order valence-electron chi connectivity index (χ0n) is 9.59. The van der Waals surface area contributed by atoms with E-state index >= 15 is 0 Å². The van der Waals surface area contributed by atoms with Gasteiger partial charge in [-0.05, 0) is 43.0 Å². The number of rotatable bonds is 1. The van der Waals surface area contributed by atoms with Crippen LogP contribution in [-0.4, -0.2) is 18.1 Å². The minimum Gasteiger partial charge on any atom is -0.316 e. The molecule has 0 amide bonds. The summed E-state index contributed by atoms with van der Waals surface area (Å²) in [4.78, 5) is 3.85. The molecular formula is C12H15F3N2. The molecule has 1 fully saturated rings. The van der Waals surface area contributed by atoms with Crippen molar-refractivity contribution < 1.29 is 13.2 Å². The Bertz CT molecular complexity index is 390. The molecule has 0 aliphatic carbocycles. The van der Waals surface area contributed by atoms with Crippen LogP contribution in [-0.2, 0) is 6.18 Å². The lowest BCUT2D eigenvalue weighted by Gasteiger charge is -2.31. The van der Waals surface area contributed by atoms with Gasteiger partial charge in [0.2, 0.25) is 0 Å². The van der Waals surface area contributed by atoms with Crippen LogP contribution in [0.5, 0.6) is 0 Å². The molecule has 1 aliphatic heterocycles. The lowest BCUT2D eigenvalue weighted by Crippen LogP contribution is -2.34. The van der Waals surface area contributed by atoms with Crippen LogP contribution in [0.2, 0.25) is 0 Å². The highest BCUT2D eigenvalue weighted by Gasteiger charge is 2.36. The molecule has 2 heterocycles. The van der Waals surface area contributed by atoms with Gasteiger partial charge in [0, 0.05) is 12.4 Å². The molecule has 2 rings (SSSR count). The molecule has 1 aromatic heterocycles. The molecule has 0 aromatic carbocycles. The van der Waals surface area contributed by atoms with Gasteiger partial charge in [-0.1, -0.05) is 6.92 Å². The fraction of sp³-hybridized carbons (Fsp3) is 0.583. The van der Waals surface area contributed by atoms with Gasteiger partial charge in [-0.15, -0.1) is 0 Å². The minimum absolute atomic E-state index is 0.0541. The fourth-order valence-corrected chi connectivity index (χ4v) is 2.44. The smallest absolute Gasteiger partial charge is 0.316 e. The number of piperidine rings is 1. The highest BCUT2D eigenvalue weighted by atomic mass is 19.4. The van der Waals surface area contributed by atoms with Gasteiger partial charge in [0.15, 0.2) is 0 Å². The van der Waals surface area contributed by atoms with E-state index in [-0.39, 0.29) is 11.8 Å². The third kappa shape index (κ3) is 2.60. The van der Waals surface area contributed by atoms with Gasteiger partial charge in [-0.3, -0.25) is 4.98 Å². The Morgan fingerprint density at radius 3 is 2.82 bits per heavy atom. The van der Waals surface area contributed by atoms with Crippen molar-refractivity contribution in [1.82, 2.24) is 10.3 Å². The third-order valence-electron chi connectivity index (χ3n) is 3.34. The Morgan fingerprint density at radius 1 is 1.41 bits per heavy atom. The summed E-state index contributed by atoms with van der Waals surface area (Å²) in [6, 6.07) is 1.07. The van der Waals surface area contributed by atoms with Gasteiger partial charge in [0.25, 0.3) is 0 Å². The lowest BCUT2D eigenvalue weighted by molar-refractivity contribution is -0.138. The van der Waals surface area contributed by atoms with E-state index in [2.05, 4.69) is 10.3 Å². The molecule has 0 radical (unpaired) electrons. The van der Waals surface area contributed by atoms with E-state index in [1.807, 2.05) is 6.92 Å². The number of halogens is 3. The average Bonchev–Trinajstić information content (AvgIpc) is 2.28. The minimum atomic E-state index is -4.29. The lowest BCUT2D eigenvalue weighted by atomic mass is 9.81. The topological polar surface area (TPSA) is 24.9 Å². The Hall–Kier alpha value is -1.10. The third-order valence-corrected chi connectivity index (χ3v) is 3.34. The van der Waals surface area contributed by atoms with Crippen molar-refractivity contribution in [1.29, 1.82) is 0 Å². The fourth-order valence-electron chi connectivity index (χ4n) is 2.44.